The van der Waals surface area contributed by atoms with Gasteiger partial charge in [0.05, 0.1) is 6.61 Å². The number of nitrogens with one attached hydrogen (secondary N) is 4. The van der Waals surface area contributed by atoms with E-state index in [1.807, 2.05) is 0 Å². The zero-order chi connectivity index (χ0) is 25.6. The Morgan fingerprint density at radius 2 is 1.34 bits per heavy atom. The lowest BCUT2D eigenvalue weighted by molar-refractivity contribution is 0.0220. The van der Waals surface area contributed by atoms with Crippen LogP contribution in [0.15, 0.2) is 0 Å². The van der Waals surface area contributed by atoms with Crippen LogP contribution in [0.4, 0.5) is 11.9 Å². The molecule has 1 aromatic rings. The summed E-state index contributed by atoms with van der Waals surface area (Å²) in [6, 6.07) is 0.450. The van der Waals surface area contributed by atoms with E-state index < -0.39 is 0 Å². The number of hydrogen-bond acceptors (Lipinski definition) is 10. The average molecular weight is 491 g/mol. The van der Waals surface area contributed by atoms with Gasteiger partial charge in [0.15, 0.2) is 5.82 Å². The van der Waals surface area contributed by atoms with Gasteiger partial charge in [-0.25, -0.2) is 5.48 Å². The molecule has 4 heterocycles. The van der Waals surface area contributed by atoms with Crippen molar-refractivity contribution in [3.63, 3.8) is 0 Å². The molecule has 0 aliphatic carbocycles. The van der Waals surface area contributed by atoms with Crippen molar-refractivity contribution in [3.8, 4) is 0 Å². The Kier molecular flexibility index (Phi) is 7.09. The lowest BCUT2D eigenvalue weighted by atomic mass is 9.75. The third-order valence-electron chi connectivity index (χ3n) is 7.31. The van der Waals surface area contributed by atoms with Gasteiger partial charge in [-0.2, -0.15) is 15.0 Å². The van der Waals surface area contributed by atoms with Crippen LogP contribution in [-0.4, -0.2) is 74.1 Å². The van der Waals surface area contributed by atoms with Crippen molar-refractivity contribution in [3.05, 3.63) is 5.82 Å². The van der Waals surface area contributed by atoms with Crippen molar-refractivity contribution in [2.45, 2.75) is 121 Å². The van der Waals surface area contributed by atoms with Crippen LogP contribution in [0.3, 0.4) is 0 Å². The monoisotopic (exact) mass is 490 g/mol. The number of anilines is 2. The van der Waals surface area contributed by atoms with Gasteiger partial charge in [-0.05, 0) is 81.1 Å². The lowest BCUT2D eigenvalue weighted by Gasteiger charge is -2.55. The summed E-state index contributed by atoms with van der Waals surface area (Å²) < 4.78 is 5.96. The standard InChI is InChI=1S/C25H46N8O2/c1-22(2)11-16(12-23(3,4)31-22)33(17-13-24(5,6)32-25(7,8)14-17)21-28-19(27-20(29-21)30-34)18-15-26-9-10-35-18/h16-18,26,31-32,34H,9-15H2,1-8H3,(H,27,28,29,30). The fraction of sp³-hybridized carbons (Fsp3) is 0.880. The summed E-state index contributed by atoms with van der Waals surface area (Å²) in [4.78, 5) is 16.6. The first-order valence-electron chi connectivity index (χ1n) is 13.0. The van der Waals surface area contributed by atoms with Crippen molar-refractivity contribution in [1.29, 1.82) is 0 Å². The lowest BCUT2D eigenvalue weighted by Crippen LogP contribution is -2.67. The molecule has 1 unspecified atom stereocenters. The topological polar surface area (TPSA) is 119 Å². The molecule has 0 bridgehead atoms. The molecule has 1 atom stereocenters. The highest BCUT2D eigenvalue weighted by Crippen LogP contribution is 2.39. The smallest absolute Gasteiger partial charge is 0.252 e. The molecule has 3 saturated heterocycles. The molecule has 3 aliphatic heterocycles. The van der Waals surface area contributed by atoms with Crippen LogP contribution in [0.25, 0.3) is 0 Å². The number of rotatable bonds is 5. The molecular formula is C25H46N8O2. The molecule has 0 aromatic carbocycles. The summed E-state index contributed by atoms with van der Waals surface area (Å²) in [5, 5.41) is 20.8. The summed E-state index contributed by atoms with van der Waals surface area (Å²) in [6.45, 7) is 20.2. The molecule has 35 heavy (non-hydrogen) atoms. The molecule has 5 N–H and O–H groups in total. The van der Waals surface area contributed by atoms with Crippen molar-refractivity contribution in [2.75, 3.05) is 30.1 Å². The molecule has 1 aromatic heterocycles. The van der Waals surface area contributed by atoms with Gasteiger partial charge in [0.25, 0.3) is 5.95 Å². The summed E-state index contributed by atoms with van der Waals surface area (Å²) in [7, 11) is 0. The fourth-order valence-electron chi connectivity index (χ4n) is 6.98. The first-order chi connectivity index (χ1) is 16.2. The molecule has 3 fully saturated rings. The first-order valence-corrected chi connectivity index (χ1v) is 13.0. The van der Waals surface area contributed by atoms with Gasteiger partial charge in [-0.1, -0.05) is 0 Å². The van der Waals surface area contributed by atoms with E-state index in [9.17, 15) is 5.21 Å². The van der Waals surface area contributed by atoms with Crippen LogP contribution in [-0.2, 0) is 4.74 Å². The van der Waals surface area contributed by atoms with Gasteiger partial charge in [-0.15, -0.1) is 0 Å². The van der Waals surface area contributed by atoms with E-state index in [-0.39, 0.29) is 46.3 Å². The van der Waals surface area contributed by atoms with Gasteiger partial charge in [0.2, 0.25) is 5.95 Å². The predicted molar refractivity (Wildman–Crippen MR) is 138 cm³/mol. The second kappa shape index (κ2) is 9.37. The van der Waals surface area contributed by atoms with Gasteiger partial charge in [0, 0.05) is 47.3 Å². The number of nitrogens with zero attached hydrogens (tertiary/aromatic N) is 4. The second-order valence-corrected chi connectivity index (χ2v) is 13.3. The molecular weight excluding hydrogens is 444 g/mol. The van der Waals surface area contributed by atoms with Crippen LogP contribution >= 0.6 is 0 Å². The van der Waals surface area contributed by atoms with Crippen LogP contribution in [0.1, 0.15) is 93.0 Å². The molecule has 3 aliphatic rings. The van der Waals surface area contributed by atoms with Crippen molar-refractivity contribution >= 4 is 11.9 Å². The molecule has 0 amide bonds. The Balaban J connectivity index is 1.80. The van der Waals surface area contributed by atoms with Crippen molar-refractivity contribution in [2.24, 2.45) is 0 Å². The maximum atomic E-state index is 9.82. The maximum absolute atomic E-state index is 9.82. The second-order valence-electron chi connectivity index (χ2n) is 13.3. The summed E-state index contributed by atoms with van der Waals surface area (Å²) >= 11 is 0. The Morgan fingerprint density at radius 1 is 0.829 bits per heavy atom. The number of hydrogen-bond donors (Lipinski definition) is 5. The zero-order valence-corrected chi connectivity index (χ0v) is 22.8. The van der Waals surface area contributed by atoms with Gasteiger partial charge in [-0.3, -0.25) is 5.21 Å². The molecule has 10 nitrogen and oxygen atoms in total. The van der Waals surface area contributed by atoms with E-state index in [2.05, 4.69) is 86.7 Å². The highest BCUT2D eigenvalue weighted by Gasteiger charge is 2.47. The van der Waals surface area contributed by atoms with Crippen LogP contribution in [0.5, 0.6) is 0 Å². The Hall–Kier alpha value is -1.59. The van der Waals surface area contributed by atoms with Crippen molar-refractivity contribution < 1.29 is 9.94 Å². The highest BCUT2D eigenvalue weighted by molar-refractivity contribution is 5.41. The summed E-state index contributed by atoms with van der Waals surface area (Å²) in [5.41, 5.74) is 2.04. The van der Waals surface area contributed by atoms with E-state index in [4.69, 9.17) is 14.7 Å². The van der Waals surface area contributed by atoms with Gasteiger partial charge < -0.3 is 25.6 Å². The molecule has 198 valence electrons. The predicted octanol–water partition coefficient (Wildman–Crippen LogP) is 2.76. The number of morpholine rings is 1. The van der Waals surface area contributed by atoms with Gasteiger partial charge in [0.1, 0.15) is 6.10 Å². The number of aromatic nitrogens is 3. The molecule has 0 spiro atoms. The van der Waals surface area contributed by atoms with E-state index in [1.54, 1.807) is 0 Å². The SMILES string of the molecule is CC1(C)CC(N(c2nc(NO)nc(C3CNCCO3)n2)C2CC(C)(C)NC(C)(C)C2)CC(C)(C)N1. The van der Waals surface area contributed by atoms with E-state index in [1.165, 1.54) is 0 Å². The van der Waals surface area contributed by atoms with Crippen LogP contribution in [0.2, 0.25) is 0 Å². The zero-order valence-electron chi connectivity index (χ0n) is 22.8. The van der Waals surface area contributed by atoms with Crippen molar-refractivity contribution in [1.82, 2.24) is 30.9 Å². The van der Waals surface area contributed by atoms with Crippen LogP contribution in [0, 0.1) is 0 Å². The Labute approximate surface area is 210 Å². The summed E-state index contributed by atoms with van der Waals surface area (Å²) in [6.07, 6.45) is 3.58. The highest BCUT2D eigenvalue weighted by atomic mass is 16.5. The Bertz CT molecular complexity index is 827. The third kappa shape index (κ3) is 6.40. The van der Waals surface area contributed by atoms with E-state index in [0.717, 1.165) is 32.2 Å². The molecule has 10 heteroatoms. The minimum atomic E-state index is -0.277. The molecule has 4 rings (SSSR count). The van der Waals surface area contributed by atoms with Crippen LogP contribution < -0.4 is 26.3 Å². The summed E-state index contributed by atoms with van der Waals surface area (Å²) in [5.74, 6) is 1.31. The Morgan fingerprint density at radius 3 is 1.77 bits per heavy atom. The number of ether oxygens (including phenoxy) is 1. The molecule has 0 saturated carbocycles. The largest absolute Gasteiger partial charge is 0.368 e. The minimum Gasteiger partial charge on any atom is -0.368 e. The maximum Gasteiger partial charge on any atom is 0.252 e. The van der Waals surface area contributed by atoms with E-state index >= 15 is 0 Å². The van der Waals surface area contributed by atoms with Gasteiger partial charge >= 0.3 is 0 Å². The quantitative estimate of drug-likeness (QED) is 0.394. The average Bonchev–Trinajstić information content (AvgIpc) is 2.70. The van der Waals surface area contributed by atoms with E-state index in [0.29, 0.717) is 24.9 Å². The normalized spacial score (nSPS) is 28.4. The first kappa shape index (κ1) is 26.5. The fourth-order valence-corrected chi connectivity index (χ4v) is 6.98. The third-order valence-corrected chi connectivity index (χ3v) is 7.31. The molecule has 0 radical (unpaired) electrons. The number of piperidine rings is 2. The minimum absolute atomic E-state index is 0.0348.